The van der Waals surface area contributed by atoms with E-state index in [4.69, 9.17) is 0 Å². The van der Waals surface area contributed by atoms with Crippen LogP contribution in [0.3, 0.4) is 0 Å². The molecule has 1 aliphatic rings. The predicted octanol–water partition coefficient (Wildman–Crippen LogP) is 1.24. The van der Waals surface area contributed by atoms with Crippen molar-refractivity contribution in [3.8, 4) is 0 Å². The third kappa shape index (κ3) is 2.74. The minimum atomic E-state index is -0.269. The highest BCUT2D eigenvalue weighted by Crippen LogP contribution is 2.46. The third-order valence-electron chi connectivity index (χ3n) is 3.97. The number of rotatable bonds is 6. The van der Waals surface area contributed by atoms with E-state index in [1.54, 1.807) is 17.1 Å². The quantitative estimate of drug-likeness (QED) is 0.861. The summed E-state index contributed by atoms with van der Waals surface area (Å²) in [4.78, 5) is 16.2. The lowest BCUT2D eigenvalue weighted by molar-refractivity contribution is -0.124. The van der Waals surface area contributed by atoms with Crippen molar-refractivity contribution in [2.24, 2.45) is 5.41 Å². The normalized spacial score (nSPS) is 17.6. The number of amides is 1. The van der Waals surface area contributed by atoms with E-state index in [0.29, 0.717) is 0 Å². The van der Waals surface area contributed by atoms with Crippen molar-refractivity contribution in [1.82, 2.24) is 24.6 Å². The van der Waals surface area contributed by atoms with Crippen LogP contribution in [0.1, 0.15) is 25.8 Å². The lowest BCUT2D eigenvalue weighted by atomic mass is 10.1. The van der Waals surface area contributed by atoms with E-state index in [-0.39, 0.29) is 17.4 Å². The van der Waals surface area contributed by atoms with Crippen LogP contribution in [0.2, 0.25) is 0 Å². The number of hydrogen-bond acceptors (Lipinski definition) is 3. The van der Waals surface area contributed by atoms with Crippen LogP contribution in [0.5, 0.6) is 0 Å². The first-order valence-electron chi connectivity index (χ1n) is 6.91. The van der Waals surface area contributed by atoms with Crippen LogP contribution >= 0.6 is 0 Å². The topological polar surface area (TPSA) is 64.7 Å². The van der Waals surface area contributed by atoms with Gasteiger partial charge in [-0.3, -0.25) is 9.48 Å². The first kappa shape index (κ1) is 12.9. The van der Waals surface area contributed by atoms with Crippen LogP contribution in [-0.2, 0) is 11.3 Å². The smallest absolute Gasteiger partial charge is 0.244 e. The number of nitrogens with one attached hydrogen (secondary N) is 1. The monoisotopic (exact) mass is 273 g/mol. The van der Waals surface area contributed by atoms with Gasteiger partial charge in [-0.05, 0) is 25.8 Å². The average molecular weight is 273 g/mol. The summed E-state index contributed by atoms with van der Waals surface area (Å²) in [6, 6.07) is 1.56. The molecule has 20 heavy (non-hydrogen) atoms. The second-order valence-corrected chi connectivity index (χ2v) is 5.61. The Kier molecular flexibility index (Phi) is 3.30. The maximum Gasteiger partial charge on any atom is 0.244 e. The zero-order valence-corrected chi connectivity index (χ0v) is 11.6. The van der Waals surface area contributed by atoms with Gasteiger partial charge in [-0.25, -0.2) is 4.98 Å². The SMILES string of the molecule is C[C@H](C(=O)NCC1(Cn2ccnc2)CC1)n1cccn1. The molecule has 0 saturated heterocycles. The molecule has 1 fully saturated rings. The van der Waals surface area contributed by atoms with Gasteiger partial charge in [0.15, 0.2) is 0 Å². The molecule has 2 aromatic heterocycles. The molecular formula is C14H19N5O. The van der Waals surface area contributed by atoms with Gasteiger partial charge < -0.3 is 9.88 Å². The number of carbonyl (C=O) groups excluding carboxylic acids is 1. The molecule has 6 nitrogen and oxygen atoms in total. The maximum atomic E-state index is 12.1. The Bertz CT molecular complexity index is 556. The predicted molar refractivity (Wildman–Crippen MR) is 73.8 cm³/mol. The molecule has 0 bridgehead atoms. The zero-order chi connectivity index (χ0) is 14.0. The Hall–Kier alpha value is -2.11. The fraction of sp³-hybridized carbons (Fsp3) is 0.500. The Morgan fingerprint density at radius 2 is 2.25 bits per heavy atom. The van der Waals surface area contributed by atoms with Crippen molar-refractivity contribution in [2.75, 3.05) is 6.54 Å². The van der Waals surface area contributed by atoms with Gasteiger partial charge in [0.05, 0.1) is 6.33 Å². The summed E-state index contributed by atoms with van der Waals surface area (Å²) in [7, 11) is 0. The van der Waals surface area contributed by atoms with Gasteiger partial charge in [-0.1, -0.05) is 0 Å². The van der Waals surface area contributed by atoms with Gasteiger partial charge in [0, 0.05) is 43.3 Å². The molecule has 106 valence electrons. The number of imidazole rings is 1. The van der Waals surface area contributed by atoms with Crippen LogP contribution in [0, 0.1) is 5.41 Å². The van der Waals surface area contributed by atoms with E-state index in [2.05, 4.69) is 20.0 Å². The Labute approximate surface area is 117 Å². The fourth-order valence-electron chi connectivity index (χ4n) is 2.39. The number of carbonyl (C=O) groups is 1. The molecule has 0 radical (unpaired) electrons. The van der Waals surface area contributed by atoms with Crippen molar-refractivity contribution in [1.29, 1.82) is 0 Å². The molecule has 6 heteroatoms. The number of aromatic nitrogens is 4. The van der Waals surface area contributed by atoms with Gasteiger partial charge in [0.2, 0.25) is 5.91 Å². The number of nitrogens with zero attached hydrogens (tertiary/aromatic N) is 4. The lowest BCUT2D eigenvalue weighted by Crippen LogP contribution is -2.36. The Morgan fingerprint density at radius 3 is 2.85 bits per heavy atom. The molecule has 1 N–H and O–H groups in total. The van der Waals surface area contributed by atoms with Crippen molar-refractivity contribution in [3.05, 3.63) is 37.2 Å². The molecule has 2 aromatic rings. The summed E-state index contributed by atoms with van der Waals surface area (Å²) in [5.41, 5.74) is 0.209. The van der Waals surface area contributed by atoms with Crippen LogP contribution in [-0.4, -0.2) is 31.8 Å². The summed E-state index contributed by atoms with van der Waals surface area (Å²) >= 11 is 0. The van der Waals surface area contributed by atoms with E-state index < -0.39 is 0 Å². The Balaban J connectivity index is 1.53. The summed E-state index contributed by atoms with van der Waals surface area (Å²) in [5.74, 6) is 0.0191. The third-order valence-corrected chi connectivity index (χ3v) is 3.97. The van der Waals surface area contributed by atoms with Crippen molar-refractivity contribution >= 4 is 5.91 Å². The van der Waals surface area contributed by atoms with Gasteiger partial charge in [-0.2, -0.15) is 5.10 Å². The van der Waals surface area contributed by atoms with E-state index >= 15 is 0 Å². The molecule has 1 atom stereocenters. The van der Waals surface area contributed by atoms with Gasteiger partial charge in [0.25, 0.3) is 0 Å². The van der Waals surface area contributed by atoms with Crippen molar-refractivity contribution in [3.63, 3.8) is 0 Å². The molecule has 0 unspecified atom stereocenters. The molecule has 3 rings (SSSR count). The second-order valence-electron chi connectivity index (χ2n) is 5.61. The molecule has 0 spiro atoms. The van der Waals surface area contributed by atoms with E-state index in [9.17, 15) is 4.79 Å². The highest BCUT2D eigenvalue weighted by Gasteiger charge is 2.43. The average Bonchev–Trinajstić information content (AvgIpc) is 2.91. The second kappa shape index (κ2) is 5.11. The zero-order valence-electron chi connectivity index (χ0n) is 11.6. The summed E-state index contributed by atoms with van der Waals surface area (Å²) in [6.45, 7) is 3.50. The minimum Gasteiger partial charge on any atom is -0.354 e. The molecule has 0 aliphatic heterocycles. The number of hydrogen-bond donors (Lipinski definition) is 1. The molecule has 0 aromatic carbocycles. The summed E-state index contributed by atoms with van der Waals surface area (Å²) in [6.07, 6.45) is 11.4. The van der Waals surface area contributed by atoms with E-state index in [1.165, 1.54) is 0 Å². The van der Waals surface area contributed by atoms with Crippen molar-refractivity contribution in [2.45, 2.75) is 32.4 Å². The highest BCUT2D eigenvalue weighted by atomic mass is 16.2. The summed E-state index contributed by atoms with van der Waals surface area (Å²) in [5, 5.41) is 7.15. The lowest BCUT2D eigenvalue weighted by Gasteiger charge is -2.19. The molecule has 1 saturated carbocycles. The molecule has 1 aliphatic carbocycles. The van der Waals surface area contributed by atoms with Crippen LogP contribution in [0.4, 0.5) is 0 Å². The van der Waals surface area contributed by atoms with Crippen molar-refractivity contribution < 1.29 is 4.79 Å². The van der Waals surface area contributed by atoms with Crippen LogP contribution in [0.25, 0.3) is 0 Å². The fourth-order valence-corrected chi connectivity index (χ4v) is 2.39. The molecule has 2 heterocycles. The minimum absolute atomic E-state index is 0.0191. The maximum absolute atomic E-state index is 12.1. The largest absolute Gasteiger partial charge is 0.354 e. The van der Waals surface area contributed by atoms with Gasteiger partial charge in [-0.15, -0.1) is 0 Å². The molecular weight excluding hydrogens is 254 g/mol. The first-order valence-corrected chi connectivity index (χ1v) is 6.91. The van der Waals surface area contributed by atoms with Crippen LogP contribution in [0.15, 0.2) is 37.2 Å². The highest BCUT2D eigenvalue weighted by molar-refractivity contribution is 5.79. The summed E-state index contributed by atoms with van der Waals surface area (Å²) < 4.78 is 3.75. The van der Waals surface area contributed by atoms with Gasteiger partial charge >= 0.3 is 0 Å². The first-order chi connectivity index (χ1) is 9.69. The van der Waals surface area contributed by atoms with Gasteiger partial charge in [0.1, 0.15) is 6.04 Å². The molecule has 1 amide bonds. The standard InChI is InChI=1S/C14H19N5O/c1-12(19-7-2-5-17-19)13(20)16-9-14(3-4-14)10-18-8-6-15-11-18/h2,5-8,11-12H,3-4,9-10H2,1H3,(H,16,20)/t12-/m1/s1. The van der Waals surface area contributed by atoms with Crippen LogP contribution < -0.4 is 5.32 Å². The Morgan fingerprint density at radius 1 is 1.40 bits per heavy atom. The van der Waals surface area contributed by atoms with E-state index in [0.717, 1.165) is 25.9 Å². The van der Waals surface area contributed by atoms with E-state index in [1.807, 2.05) is 31.7 Å².